The van der Waals surface area contributed by atoms with E-state index in [1.165, 1.54) is 24.3 Å². The third-order valence-electron chi connectivity index (χ3n) is 5.70. The average molecular weight is 506 g/mol. The molecule has 3 unspecified atom stereocenters. The van der Waals surface area contributed by atoms with Crippen molar-refractivity contribution in [2.75, 3.05) is 13.7 Å². The summed E-state index contributed by atoms with van der Waals surface area (Å²) >= 11 is 0. The third-order valence-corrected chi connectivity index (χ3v) is 5.70. The van der Waals surface area contributed by atoms with E-state index in [1.807, 2.05) is 0 Å². The molecule has 0 aliphatic carbocycles. The maximum absolute atomic E-state index is 13.5. The van der Waals surface area contributed by atoms with Gasteiger partial charge in [-0.15, -0.1) is 0 Å². The number of carbonyl (C=O) groups is 2. The zero-order valence-corrected chi connectivity index (χ0v) is 17.9. The Hall–Kier alpha value is -3.16. The van der Waals surface area contributed by atoms with Crippen LogP contribution in [-0.2, 0) is 17.1 Å². The van der Waals surface area contributed by atoms with Crippen LogP contribution in [0.5, 0.6) is 0 Å². The van der Waals surface area contributed by atoms with Crippen LogP contribution in [0.15, 0.2) is 42.5 Å². The Morgan fingerprint density at radius 3 is 2.06 bits per heavy atom. The molecule has 190 valence electrons. The standard InChI is InChI=1S/C22H20F6N2O5/c1-30-17(10-6-11(21(23,24)25)8-12(7-10)22(26,27)28)16(18(32)29-15(9-31)20(34)35)13-4-2-3-5-14(13)19(30)33/h2-8,15-17,20,31,34-35H,9H2,1H3,(H,29,32). The van der Waals surface area contributed by atoms with Crippen molar-refractivity contribution in [3.8, 4) is 0 Å². The minimum absolute atomic E-state index is 0.00758. The maximum atomic E-state index is 13.5. The normalized spacial score (nSPS) is 19.5. The zero-order valence-electron chi connectivity index (χ0n) is 17.9. The molecule has 0 bridgehead atoms. The molecule has 13 heteroatoms. The molecule has 1 heterocycles. The molecule has 3 rings (SSSR count). The first-order chi connectivity index (χ1) is 16.2. The molecule has 2 aromatic carbocycles. The monoisotopic (exact) mass is 506 g/mol. The molecule has 0 fully saturated rings. The summed E-state index contributed by atoms with van der Waals surface area (Å²) in [4.78, 5) is 27.0. The van der Waals surface area contributed by atoms with Crippen molar-refractivity contribution < 1.29 is 51.3 Å². The van der Waals surface area contributed by atoms with Gasteiger partial charge in [0.15, 0.2) is 6.29 Å². The van der Waals surface area contributed by atoms with Gasteiger partial charge in [0.25, 0.3) is 5.91 Å². The SMILES string of the molecule is CN1C(=O)c2ccccc2C(C(=O)NC(CO)C(O)O)C1c1cc(C(F)(F)F)cc(C(F)(F)F)c1. The summed E-state index contributed by atoms with van der Waals surface area (Å²) in [5.74, 6) is -3.35. The fourth-order valence-electron chi connectivity index (χ4n) is 4.01. The molecule has 0 radical (unpaired) electrons. The lowest BCUT2D eigenvalue weighted by molar-refractivity contribution is -0.143. The number of amides is 2. The molecule has 2 aromatic rings. The van der Waals surface area contributed by atoms with Crippen molar-refractivity contribution in [1.29, 1.82) is 0 Å². The lowest BCUT2D eigenvalue weighted by Crippen LogP contribution is -2.51. The topological polar surface area (TPSA) is 110 Å². The number of hydrogen-bond donors (Lipinski definition) is 4. The number of rotatable bonds is 5. The number of carbonyl (C=O) groups excluding carboxylic acids is 2. The molecule has 4 N–H and O–H groups in total. The van der Waals surface area contributed by atoms with Gasteiger partial charge in [-0.05, 0) is 35.4 Å². The Bertz CT molecular complexity index is 1090. The number of likely N-dealkylation sites (N-methyl/N-ethyl adjacent to an activating group) is 1. The first kappa shape index (κ1) is 26.4. The number of nitrogens with zero attached hydrogens (tertiary/aromatic N) is 1. The number of alkyl halides is 6. The summed E-state index contributed by atoms with van der Waals surface area (Å²) in [6.45, 7) is -0.932. The zero-order chi connectivity index (χ0) is 26.3. The van der Waals surface area contributed by atoms with Gasteiger partial charge in [-0.3, -0.25) is 9.59 Å². The summed E-state index contributed by atoms with van der Waals surface area (Å²) in [7, 11) is 1.13. The first-order valence-electron chi connectivity index (χ1n) is 10.1. The number of fused-ring (bicyclic) bond motifs is 1. The van der Waals surface area contributed by atoms with E-state index in [-0.39, 0.29) is 17.2 Å². The van der Waals surface area contributed by atoms with Gasteiger partial charge >= 0.3 is 12.4 Å². The van der Waals surface area contributed by atoms with Crippen LogP contribution >= 0.6 is 0 Å². The highest BCUT2D eigenvalue weighted by Crippen LogP contribution is 2.45. The lowest BCUT2D eigenvalue weighted by atomic mass is 9.78. The summed E-state index contributed by atoms with van der Waals surface area (Å²) in [5, 5.41) is 30.1. The highest BCUT2D eigenvalue weighted by Gasteiger charge is 2.45. The van der Waals surface area contributed by atoms with Crippen molar-refractivity contribution >= 4 is 11.8 Å². The second kappa shape index (κ2) is 9.47. The second-order valence-corrected chi connectivity index (χ2v) is 7.98. The van der Waals surface area contributed by atoms with E-state index in [9.17, 15) is 51.3 Å². The molecule has 0 spiro atoms. The fourth-order valence-corrected chi connectivity index (χ4v) is 4.01. The molecule has 0 saturated heterocycles. The summed E-state index contributed by atoms with van der Waals surface area (Å²) < 4.78 is 80.8. The number of halogens is 6. The van der Waals surface area contributed by atoms with Crippen LogP contribution in [-0.4, -0.2) is 58.0 Å². The van der Waals surface area contributed by atoms with E-state index in [0.29, 0.717) is 12.1 Å². The maximum Gasteiger partial charge on any atom is 0.416 e. The molecule has 0 aromatic heterocycles. The van der Waals surface area contributed by atoms with Gasteiger partial charge in [-0.25, -0.2) is 0 Å². The van der Waals surface area contributed by atoms with Gasteiger partial charge in [0.1, 0.15) is 6.04 Å². The molecular formula is C22H20F6N2O5. The van der Waals surface area contributed by atoms with Crippen molar-refractivity contribution in [2.45, 2.75) is 36.6 Å². The highest BCUT2D eigenvalue weighted by molar-refractivity contribution is 6.01. The minimum Gasteiger partial charge on any atom is -0.394 e. The predicted molar refractivity (Wildman–Crippen MR) is 108 cm³/mol. The number of hydrogen-bond acceptors (Lipinski definition) is 5. The fraction of sp³-hybridized carbons (Fsp3) is 0.364. The van der Waals surface area contributed by atoms with E-state index >= 15 is 0 Å². The summed E-state index contributed by atoms with van der Waals surface area (Å²) in [6, 6.07) is 3.10. The average Bonchev–Trinajstić information content (AvgIpc) is 2.77. The number of benzene rings is 2. The molecule has 35 heavy (non-hydrogen) atoms. The van der Waals surface area contributed by atoms with Gasteiger partial charge in [-0.1, -0.05) is 18.2 Å². The summed E-state index contributed by atoms with van der Waals surface area (Å²) in [5.41, 5.74) is -3.86. The van der Waals surface area contributed by atoms with Gasteiger partial charge in [0, 0.05) is 12.6 Å². The van der Waals surface area contributed by atoms with Crippen LogP contribution in [0.1, 0.15) is 44.6 Å². The van der Waals surface area contributed by atoms with Gasteiger partial charge in [0.2, 0.25) is 5.91 Å². The van der Waals surface area contributed by atoms with Crippen LogP contribution in [0.2, 0.25) is 0 Å². The Labute approximate surface area is 194 Å². The van der Waals surface area contributed by atoms with E-state index in [1.54, 1.807) is 0 Å². The molecule has 0 saturated carbocycles. The smallest absolute Gasteiger partial charge is 0.394 e. The molecule has 2 amide bonds. The van der Waals surface area contributed by atoms with E-state index in [0.717, 1.165) is 11.9 Å². The largest absolute Gasteiger partial charge is 0.416 e. The van der Waals surface area contributed by atoms with Crippen LogP contribution in [0.25, 0.3) is 0 Å². The Morgan fingerprint density at radius 1 is 1.03 bits per heavy atom. The lowest BCUT2D eigenvalue weighted by Gasteiger charge is -2.40. The van der Waals surface area contributed by atoms with Crippen molar-refractivity contribution in [3.05, 3.63) is 70.3 Å². The quantitative estimate of drug-likeness (QED) is 0.368. The van der Waals surface area contributed by atoms with Crippen LogP contribution in [0.4, 0.5) is 26.3 Å². The van der Waals surface area contributed by atoms with Crippen molar-refractivity contribution in [2.24, 2.45) is 0 Å². The number of aliphatic hydroxyl groups excluding tert-OH is 2. The Kier molecular flexibility index (Phi) is 7.16. The number of aliphatic hydroxyl groups is 3. The molecule has 7 nitrogen and oxygen atoms in total. The van der Waals surface area contributed by atoms with Crippen molar-refractivity contribution in [3.63, 3.8) is 0 Å². The van der Waals surface area contributed by atoms with Crippen LogP contribution < -0.4 is 5.32 Å². The van der Waals surface area contributed by atoms with Crippen molar-refractivity contribution in [1.82, 2.24) is 10.2 Å². The Morgan fingerprint density at radius 2 is 1.57 bits per heavy atom. The Balaban J connectivity index is 2.25. The summed E-state index contributed by atoms with van der Waals surface area (Å²) in [6.07, 6.45) is -12.5. The van der Waals surface area contributed by atoms with E-state index in [2.05, 4.69) is 5.32 Å². The van der Waals surface area contributed by atoms with Gasteiger partial charge < -0.3 is 25.5 Å². The first-order valence-corrected chi connectivity index (χ1v) is 10.1. The molecule has 3 atom stereocenters. The van der Waals surface area contributed by atoms with Crippen LogP contribution in [0, 0.1) is 0 Å². The van der Waals surface area contributed by atoms with Gasteiger partial charge in [0.05, 0.1) is 29.7 Å². The van der Waals surface area contributed by atoms with E-state index < -0.39 is 71.8 Å². The minimum atomic E-state index is -5.16. The van der Waals surface area contributed by atoms with E-state index in [4.69, 9.17) is 0 Å². The molecule has 1 aliphatic heterocycles. The second-order valence-electron chi connectivity index (χ2n) is 7.98. The predicted octanol–water partition coefficient (Wildman–Crippen LogP) is 2.42. The third kappa shape index (κ3) is 5.26. The number of nitrogens with one attached hydrogen (secondary N) is 1. The molecular weight excluding hydrogens is 486 g/mol. The highest BCUT2D eigenvalue weighted by atomic mass is 19.4. The molecule has 1 aliphatic rings. The van der Waals surface area contributed by atoms with Crippen LogP contribution in [0.3, 0.4) is 0 Å². The van der Waals surface area contributed by atoms with Gasteiger partial charge in [-0.2, -0.15) is 26.3 Å².